The fourth-order valence-electron chi connectivity index (χ4n) is 1.91. The maximum absolute atomic E-state index is 12.3. The Labute approximate surface area is 126 Å². The van der Waals surface area contributed by atoms with Gasteiger partial charge in [-0.15, -0.1) is 0 Å². The van der Waals surface area contributed by atoms with Gasteiger partial charge in [-0.25, -0.2) is 0 Å². The molecule has 1 aromatic heterocycles. The van der Waals surface area contributed by atoms with Crippen LogP contribution in [0.1, 0.15) is 22.8 Å². The topological polar surface area (TPSA) is 42.7 Å². The standard InChI is InChI=1S/C15H16BrNO3/c1-3-19-13-7-5-4-6-11(13)10-17(2)15(18)12-8-9-20-14(12)16/h4-9H,3,10H2,1-2H3. The number of hydrogen-bond acceptors (Lipinski definition) is 3. The summed E-state index contributed by atoms with van der Waals surface area (Å²) < 4.78 is 11.1. The summed E-state index contributed by atoms with van der Waals surface area (Å²) in [4.78, 5) is 13.9. The van der Waals surface area contributed by atoms with Gasteiger partial charge in [-0.2, -0.15) is 0 Å². The molecule has 0 spiro atoms. The molecule has 0 fully saturated rings. The minimum Gasteiger partial charge on any atom is -0.494 e. The molecule has 0 aliphatic carbocycles. The van der Waals surface area contributed by atoms with Crippen LogP contribution in [0.15, 0.2) is 45.7 Å². The van der Waals surface area contributed by atoms with E-state index in [9.17, 15) is 4.79 Å². The molecule has 0 radical (unpaired) electrons. The second-order valence-corrected chi connectivity index (χ2v) is 5.03. The quantitative estimate of drug-likeness (QED) is 0.835. The minimum atomic E-state index is -0.100. The molecule has 0 saturated carbocycles. The normalized spacial score (nSPS) is 10.3. The van der Waals surface area contributed by atoms with Crippen molar-refractivity contribution in [2.45, 2.75) is 13.5 Å². The lowest BCUT2D eigenvalue weighted by Gasteiger charge is -2.18. The number of carbonyl (C=O) groups excluding carboxylic acids is 1. The first-order valence-electron chi connectivity index (χ1n) is 6.32. The lowest BCUT2D eigenvalue weighted by Crippen LogP contribution is -2.26. The molecule has 1 aromatic carbocycles. The van der Waals surface area contributed by atoms with Gasteiger partial charge in [0.1, 0.15) is 5.75 Å². The third kappa shape index (κ3) is 3.22. The maximum Gasteiger partial charge on any atom is 0.258 e. The first kappa shape index (κ1) is 14.7. The number of para-hydroxylation sites is 1. The molecular formula is C15H16BrNO3. The highest BCUT2D eigenvalue weighted by Crippen LogP contribution is 2.22. The van der Waals surface area contributed by atoms with Crippen LogP contribution in [-0.2, 0) is 6.54 Å². The molecule has 0 N–H and O–H groups in total. The Morgan fingerprint density at radius 3 is 2.75 bits per heavy atom. The van der Waals surface area contributed by atoms with Gasteiger partial charge in [-0.1, -0.05) is 18.2 Å². The molecule has 0 aliphatic heterocycles. The zero-order valence-electron chi connectivity index (χ0n) is 11.4. The van der Waals surface area contributed by atoms with Gasteiger partial charge in [-0.05, 0) is 35.0 Å². The van der Waals surface area contributed by atoms with Gasteiger partial charge in [0.2, 0.25) is 0 Å². The number of furan rings is 1. The van der Waals surface area contributed by atoms with E-state index in [1.54, 1.807) is 18.0 Å². The molecule has 2 aromatic rings. The van der Waals surface area contributed by atoms with E-state index in [1.165, 1.54) is 6.26 Å². The number of carbonyl (C=O) groups is 1. The van der Waals surface area contributed by atoms with Crippen LogP contribution < -0.4 is 4.74 Å². The third-order valence-electron chi connectivity index (χ3n) is 2.88. The van der Waals surface area contributed by atoms with Crippen LogP contribution in [0.4, 0.5) is 0 Å². The summed E-state index contributed by atoms with van der Waals surface area (Å²) in [5.74, 6) is 0.706. The molecule has 1 amide bonds. The van der Waals surface area contributed by atoms with Gasteiger partial charge in [0.25, 0.3) is 5.91 Å². The van der Waals surface area contributed by atoms with Gasteiger partial charge >= 0.3 is 0 Å². The van der Waals surface area contributed by atoms with Crippen molar-refractivity contribution in [2.75, 3.05) is 13.7 Å². The molecular weight excluding hydrogens is 322 g/mol. The zero-order chi connectivity index (χ0) is 14.5. The van der Waals surface area contributed by atoms with Crippen molar-refractivity contribution >= 4 is 21.8 Å². The zero-order valence-corrected chi connectivity index (χ0v) is 13.0. The van der Waals surface area contributed by atoms with Gasteiger partial charge in [0, 0.05) is 19.2 Å². The summed E-state index contributed by atoms with van der Waals surface area (Å²) in [6, 6.07) is 9.37. The monoisotopic (exact) mass is 337 g/mol. The number of ether oxygens (including phenoxy) is 1. The minimum absolute atomic E-state index is 0.100. The van der Waals surface area contributed by atoms with E-state index in [-0.39, 0.29) is 5.91 Å². The molecule has 2 rings (SSSR count). The maximum atomic E-state index is 12.3. The van der Waals surface area contributed by atoms with Crippen LogP contribution in [-0.4, -0.2) is 24.5 Å². The van der Waals surface area contributed by atoms with E-state index in [0.29, 0.717) is 23.4 Å². The average Bonchev–Trinajstić information content (AvgIpc) is 2.86. The van der Waals surface area contributed by atoms with Crippen molar-refractivity contribution in [3.63, 3.8) is 0 Å². The second kappa shape index (κ2) is 6.61. The number of nitrogens with zero attached hydrogens (tertiary/aromatic N) is 1. The predicted molar refractivity (Wildman–Crippen MR) is 79.8 cm³/mol. The van der Waals surface area contributed by atoms with Crippen molar-refractivity contribution in [2.24, 2.45) is 0 Å². The van der Waals surface area contributed by atoms with Crippen LogP contribution in [0.5, 0.6) is 5.75 Å². The SMILES string of the molecule is CCOc1ccccc1CN(C)C(=O)c1ccoc1Br. The van der Waals surface area contributed by atoms with E-state index in [4.69, 9.17) is 9.15 Å². The summed E-state index contributed by atoms with van der Waals surface area (Å²) in [5, 5.41) is 0. The lowest BCUT2D eigenvalue weighted by molar-refractivity contribution is 0.0782. The van der Waals surface area contributed by atoms with Crippen LogP contribution in [0.2, 0.25) is 0 Å². The summed E-state index contributed by atoms with van der Waals surface area (Å²) in [6.45, 7) is 3.02. The molecule has 0 saturated heterocycles. The van der Waals surface area contributed by atoms with Crippen molar-refractivity contribution in [3.8, 4) is 5.75 Å². The molecule has 0 atom stereocenters. The molecule has 0 aliphatic rings. The van der Waals surface area contributed by atoms with Crippen LogP contribution in [0.25, 0.3) is 0 Å². The number of benzene rings is 1. The summed E-state index contributed by atoms with van der Waals surface area (Å²) in [5.41, 5.74) is 1.49. The highest BCUT2D eigenvalue weighted by atomic mass is 79.9. The Kier molecular flexibility index (Phi) is 4.84. The van der Waals surface area contributed by atoms with E-state index < -0.39 is 0 Å². The molecule has 1 heterocycles. The number of hydrogen-bond donors (Lipinski definition) is 0. The smallest absolute Gasteiger partial charge is 0.258 e. The Hall–Kier alpha value is -1.75. The van der Waals surface area contributed by atoms with E-state index >= 15 is 0 Å². The van der Waals surface area contributed by atoms with Crippen molar-refractivity contribution < 1.29 is 13.9 Å². The van der Waals surface area contributed by atoms with Crippen molar-refractivity contribution in [3.05, 3.63) is 52.4 Å². The van der Waals surface area contributed by atoms with Crippen LogP contribution >= 0.6 is 15.9 Å². The van der Waals surface area contributed by atoms with Gasteiger partial charge < -0.3 is 14.1 Å². The van der Waals surface area contributed by atoms with Crippen molar-refractivity contribution in [1.29, 1.82) is 0 Å². The number of halogens is 1. The predicted octanol–water partition coefficient (Wildman–Crippen LogP) is 3.71. The number of amides is 1. The molecule has 0 unspecified atom stereocenters. The van der Waals surface area contributed by atoms with E-state index in [1.807, 2.05) is 31.2 Å². The molecule has 0 bridgehead atoms. The van der Waals surface area contributed by atoms with Gasteiger partial charge in [0.15, 0.2) is 4.67 Å². The van der Waals surface area contributed by atoms with Gasteiger partial charge in [0.05, 0.1) is 18.4 Å². The molecule has 4 nitrogen and oxygen atoms in total. The summed E-state index contributed by atoms with van der Waals surface area (Å²) in [7, 11) is 1.75. The van der Waals surface area contributed by atoms with Crippen LogP contribution in [0.3, 0.4) is 0 Å². The van der Waals surface area contributed by atoms with Crippen molar-refractivity contribution in [1.82, 2.24) is 4.90 Å². The molecule has 106 valence electrons. The second-order valence-electron chi connectivity index (χ2n) is 4.31. The summed E-state index contributed by atoms with van der Waals surface area (Å²) in [6.07, 6.45) is 1.49. The summed E-state index contributed by atoms with van der Waals surface area (Å²) >= 11 is 3.22. The third-order valence-corrected chi connectivity index (χ3v) is 3.49. The largest absolute Gasteiger partial charge is 0.494 e. The Balaban J connectivity index is 2.14. The fourth-order valence-corrected chi connectivity index (χ4v) is 2.32. The first-order chi connectivity index (χ1) is 9.63. The van der Waals surface area contributed by atoms with Gasteiger partial charge in [-0.3, -0.25) is 4.79 Å². The first-order valence-corrected chi connectivity index (χ1v) is 7.12. The Morgan fingerprint density at radius 1 is 1.35 bits per heavy atom. The highest BCUT2D eigenvalue weighted by molar-refractivity contribution is 9.10. The molecule has 20 heavy (non-hydrogen) atoms. The fraction of sp³-hybridized carbons (Fsp3) is 0.267. The Morgan fingerprint density at radius 2 is 2.10 bits per heavy atom. The molecule has 5 heteroatoms. The number of rotatable bonds is 5. The lowest BCUT2D eigenvalue weighted by atomic mass is 10.2. The highest BCUT2D eigenvalue weighted by Gasteiger charge is 2.18. The van der Waals surface area contributed by atoms with Crippen LogP contribution in [0, 0.1) is 0 Å². The average molecular weight is 338 g/mol. The Bertz CT molecular complexity index is 594. The van der Waals surface area contributed by atoms with E-state index in [2.05, 4.69) is 15.9 Å². The van der Waals surface area contributed by atoms with E-state index in [0.717, 1.165) is 11.3 Å².